The fourth-order valence-electron chi connectivity index (χ4n) is 1.11. The number of carbonyl (C=O) groups is 1. The fourth-order valence-corrected chi connectivity index (χ4v) is 1.11. The SMILES string of the molecule is CCOC(=O)c1c(F)c(C)cc(F)c1F. The third kappa shape index (κ3) is 2.11. The van der Waals surface area contributed by atoms with Crippen molar-refractivity contribution in [3.63, 3.8) is 0 Å². The Morgan fingerprint density at radius 2 is 1.93 bits per heavy atom. The lowest BCUT2D eigenvalue weighted by Crippen LogP contribution is -2.12. The summed E-state index contributed by atoms with van der Waals surface area (Å²) in [5, 5.41) is 0. The van der Waals surface area contributed by atoms with Crippen LogP contribution in [0.4, 0.5) is 13.2 Å². The molecule has 0 aliphatic rings. The van der Waals surface area contributed by atoms with Crippen LogP contribution in [0.2, 0.25) is 0 Å². The first-order valence-electron chi connectivity index (χ1n) is 4.30. The molecule has 0 amide bonds. The highest BCUT2D eigenvalue weighted by molar-refractivity contribution is 5.90. The van der Waals surface area contributed by atoms with E-state index in [0.29, 0.717) is 6.07 Å². The highest BCUT2D eigenvalue weighted by atomic mass is 19.2. The largest absolute Gasteiger partial charge is 0.462 e. The van der Waals surface area contributed by atoms with Crippen LogP contribution in [-0.2, 0) is 4.74 Å². The predicted molar refractivity (Wildman–Crippen MR) is 47.0 cm³/mol. The minimum Gasteiger partial charge on any atom is -0.462 e. The summed E-state index contributed by atoms with van der Waals surface area (Å²) in [5.41, 5.74) is -1.12. The van der Waals surface area contributed by atoms with E-state index in [0.717, 1.165) is 0 Å². The van der Waals surface area contributed by atoms with E-state index in [1.807, 2.05) is 0 Å². The van der Waals surface area contributed by atoms with E-state index in [-0.39, 0.29) is 12.2 Å². The third-order valence-electron chi connectivity index (χ3n) is 1.82. The molecule has 0 fully saturated rings. The van der Waals surface area contributed by atoms with Gasteiger partial charge >= 0.3 is 5.97 Å². The summed E-state index contributed by atoms with van der Waals surface area (Å²) in [5.74, 6) is -5.07. The van der Waals surface area contributed by atoms with E-state index < -0.39 is 29.0 Å². The van der Waals surface area contributed by atoms with Crippen LogP contribution in [0.15, 0.2) is 6.07 Å². The van der Waals surface area contributed by atoms with Crippen molar-refractivity contribution in [3.8, 4) is 0 Å². The molecule has 0 aromatic heterocycles. The van der Waals surface area contributed by atoms with Gasteiger partial charge in [0.2, 0.25) is 0 Å². The van der Waals surface area contributed by atoms with E-state index >= 15 is 0 Å². The zero-order chi connectivity index (χ0) is 11.6. The number of halogens is 3. The Hall–Kier alpha value is -1.52. The molecule has 0 radical (unpaired) electrons. The Kier molecular flexibility index (Phi) is 3.34. The van der Waals surface area contributed by atoms with E-state index in [1.54, 1.807) is 0 Å². The summed E-state index contributed by atoms with van der Waals surface area (Å²) >= 11 is 0. The van der Waals surface area contributed by atoms with Gasteiger partial charge in [-0.3, -0.25) is 0 Å². The van der Waals surface area contributed by atoms with E-state index in [1.165, 1.54) is 13.8 Å². The molecule has 0 unspecified atom stereocenters. The molecule has 2 nitrogen and oxygen atoms in total. The summed E-state index contributed by atoms with van der Waals surface area (Å²) in [7, 11) is 0. The molecule has 0 saturated carbocycles. The van der Waals surface area contributed by atoms with Gasteiger partial charge in [-0.2, -0.15) is 0 Å². The Bertz CT molecular complexity index is 376. The predicted octanol–water partition coefficient (Wildman–Crippen LogP) is 2.59. The molecule has 0 N–H and O–H groups in total. The zero-order valence-electron chi connectivity index (χ0n) is 8.23. The van der Waals surface area contributed by atoms with Gasteiger partial charge in [0.05, 0.1) is 6.61 Å². The van der Waals surface area contributed by atoms with Gasteiger partial charge in [0.15, 0.2) is 11.6 Å². The van der Waals surface area contributed by atoms with Crippen molar-refractivity contribution in [2.75, 3.05) is 6.61 Å². The summed E-state index contributed by atoms with van der Waals surface area (Å²) in [4.78, 5) is 11.1. The number of benzene rings is 1. The normalized spacial score (nSPS) is 10.2. The van der Waals surface area contributed by atoms with Crippen molar-refractivity contribution in [2.24, 2.45) is 0 Å². The number of carbonyl (C=O) groups excluding carboxylic acids is 1. The molecule has 0 bridgehead atoms. The van der Waals surface area contributed by atoms with Gasteiger partial charge in [0.25, 0.3) is 0 Å². The second kappa shape index (κ2) is 4.33. The monoisotopic (exact) mass is 218 g/mol. The second-order valence-corrected chi connectivity index (χ2v) is 2.90. The molecule has 1 rings (SSSR count). The number of rotatable bonds is 2. The molecule has 0 saturated heterocycles. The first-order chi connectivity index (χ1) is 6.99. The van der Waals surface area contributed by atoms with Crippen LogP contribution in [0.25, 0.3) is 0 Å². The number of esters is 1. The smallest absolute Gasteiger partial charge is 0.344 e. The van der Waals surface area contributed by atoms with Crippen LogP contribution in [-0.4, -0.2) is 12.6 Å². The molecule has 1 aromatic rings. The average molecular weight is 218 g/mol. The van der Waals surface area contributed by atoms with Gasteiger partial charge in [0.1, 0.15) is 11.4 Å². The molecule has 0 aliphatic heterocycles. The lowest BCUT2D eigenvalue weighted by Gasteiger charge is -2.07. The van der Waals surface area contributed by atoms with Crippen LogP contribution in [0.1, 0.15) is 22.8 Å². The van der Waals surface area contributed by atoms with Crippen molar-refractivity contribution in [3.05, 3.63) is 34.6 Å². The van der Waals surface area contributed by atoms with Crippen LogP contribution >= 0.6 is 0 Å². The highest BCUT2D eigenvalue weighted by Gasteiger charge is 2.23. The topological polar surface area (TPSA) is 26.3 Å². The summed E-state index contributed by atoms with van der Waals surface area (Å²) < 4.78 is 43.7. The Morgan fingerprint density at radius 1 is 1.33 bits per heavy atom. The molecule has 15 heavy (non-hydrogen) atoms. The second-order valence-electron chi connectivity index (χ2n) is 2.90. The molecule has 0 aliphatic carbocycles. The first-order valence-corrected chi connectivity index (χ1v) is 4.30. The van der Waals surface area contributed by atoms with Gasteiger partial charge in [0, 0.05) is 0 Å². The van der Waals surface area contributed by atoms with E-state index in [4.69, 9.17) is 0 Å². The van der Waals surface area contributed by atoms with Crippen molar-refractivity contribution in [2.45, 2.75) is 13.8 Å². The molecule has 1 aromatic carbocycles. The standard InChI is InChI=1S/C10H9F3O2/c1-3-15-10(14)7-8(12)5(2)4-6(11)9(7)13/h4H,3H2,1-2H3. The van der Waals surface area contributed by atoms with Crippen molar-refractivity contribution in [1.29, 1.82) is 0 Å². The zero-order valence-corrected chi connectivity index (χ0v) is 8.23. The quantitative estimate of drug-likeness (QED) is 0.563. The molecular weight excluding hydrogens is 209 g/mol. The van der Waals surface area contributed by atoms with Crippen LogP contribution in [0, 0.1) is 24.4 Å². The average Bonchev–Trinajstić information content (AvgIpc) is 2.16. The molecular formula is C10H9F3O2. The van der Waals surface area contributed by atoms with E-state index in [9.17, 15) is 18.0 Å². The third-order valence-corrected chi connectivity index (χ3v) is 1.82. The minimum absolute atomic E-state index is 0.0345. The lowest BCUT2D eigenvalue weighted by atomic mass is 10.1. The van der Waals surface area contributed by atoms with E-state index in [2.05, 4.69) is 4.74 Å². The van der Waals surface area contributed by atoms with Crippen molar-refractivity contribution >= 4 is 5.97 Å². The maximum absolute atomic E-state index is 13.3. The maximum atomic E-state index is 13.3. The van der Waals surface area contributed by atoms with Crippen molar-refractivity contribution in [1.82, 2.24) is 0 Å². The highest BCUT2D eigenvalue weighted by Crippen LogP contribution is 2.20. The van der Waals surface area contributed by atoms with Crippen LogP contribution in [0.3, 0.4) is 0 Å². The number of aryl methyl sites for hydroxylation is 1. The van der Waals surface area contributed by atoms with Gasteiger partial charge in [-0.05, 0) is 25.5 Å². The minimum atomic E-state index is -1.52. The Labute approximate surface area is 84.7 Å². The molecule has 5 heteroatoms. The van der Waals surface area contributed by atoms with Gasteiger partial charge in [-0.1, -0.05) is 0 Å². The number of hydrogen-bond donors (Lipinski definition) is 0. The van der Waals surface area contributed by atoms with Crippen LogP contribution in [0.5, 0.6) is 0 Å². The fraction of sp³-hybridized carbons (Fsp3) is 0.300. The Balaban J connectivity index is 3.32. The van der Waals surface area contributed by atoms with Gasteiger partial charge in [-0.25, -0.2) is 18.0 Å². The van der Waals surface area contributed by atoms with Gasteiger partial charge in [-0.15, -0.1) is 0 Å². The van der Waals surface area contributed by atoms with Gasteiger partial charge < -0.3 is 4.74 Å². The first kappa shape index (κ1) is 11.6. The summed E-state index contributed by atoms with van der Waals surface area (Å²) in [6.45, 7) is 2.69. The lowest BCUT2D eigenvalue weighted by molar-refractivity contribution is 0.0513. The number of ether oxygens (including phenoxy) is 1. The molecule has 0 spiro atoms. The van der Waals surface area contributed by atoms with Crippen LogP contribution < -0.4 is 0 Å². The number of hydrogen-bond acceptors (Lipinski definition) is 2. The molecule has 82 valence electrons. The van der Waals surface area contributed by atoms with Crippen molar-refractivity contribution < 1.29 is 22.7 Å². The summed E-state index contributed by atoms with van der Waals surface area (Å²) in [6.07, 6.45) is 0. The summed E-state index contributed by atoms with van der Waals surface area (Å²) in [6, 6.07) is 0.688. The molecule has 0 atom stereocenters. The molecule has 0 heterocycles. The Morgan fingerprint density at radius 3 is 2.47 bits per heavy atom. The maximum Gasteiger partial charge on any atom is 0.344 e.